The van der Waals surface area contributed by atoms with Crippen molar-refractivity contribution in [2.75, 3.05) is 0 Å². The molecule has 6 heteroatoms. The van der Waals surface area contributed by atoms with E-state index in [-0.39, 0.29) is 0 Å². The van der Waals surface area contributed by atoms with E-state index in [4.69, 9.17) is 19.9 Å². The van der Waals surface area contributed by atoms with E-state index in [0.717, 1.165) is 72.6 Å². The van der Waals surface area contributed by atoms with E-state index in [1.807, 2.05) is 85.1 Å². The molecule has 0 radical (unpaired) electrons. The first-order chi connectivity index (χ1) is 28.7. The van der Waals surface area contributed by atoms with Gasteiger partial charge in [0.1, 0.15) is 5.65 Å². The van der Waals surface area contributed by atoms with Crippen molar-refractivity contribution in [1.82, 2.24) is 28.9 Å². The van der Waals surface area contributed by atoms with Crippen LogP contribution in [0.2, 0.25) is 0 Å². The second-order valence-corrected chi connectivity index (χ2v) is 14.4. The summed E-state index contributed by atoms with van der Waals surface area (Å²) in [6.07, 6.45) is 4.14. The number of aromatic nitrogens is 6. The van der Waals surface area contributed by atoms with Crippen LogP contribution in [0, 0.1) is 0 Å². The fourth-order valence-corrected chi connectivity index (χ4v) is 8.00. The highest BCUT2D eigenvalue weighted by Crippen LogP contribution is 2.40. The fourth-order valence-electron chi connectivity index (χ4n) is 8.00. The average molecular weight is 743 g/mol. The summed E-state index contributed by atoms with van der Waals surface area (Å²) in [7, 11) is 0. The number of pyridine rings is 1. The molecule has 0 aliphatic rings. The van der Waals surface area contributed by atoms with Gasteiger partial charge in [0.15, 0.2) is 17.5 Å². The van der Waals surface area contributed by atoms with Gasteiger partial charge in [-0.1, -0.05) is 152 Å². The van der Waals surface area contributed by atoms with Crippen molar-refractivity contribution in [2.24, 2.45) is 0 Å². The van der Waals surface area contributed by atoms with Crippen LogP contribution in [-0.4, -0.2) is 28.9 Å². The normalized spacial score (nSPS) is 11.4. The molecule has 0 fully saturated rings. The Morgan fingerprint density at radius 1 is 0.345 bits per heavy atom. The Hall–Kier alpha value is -7.96. The van der Waals surface area contributed by atoms with Crippen molar-refractivity contribution >= 4 is 27.5 Å². The highest BCUT2D eigenvalue weighted by molar-refractivity contribution is 6.11. The van der Waals surface area contributed by atoms with Crippen LogP contribution in [0.5, 0.6) is 0 Å². The van der Waals surface area contributed by atoms with Gasteiger partial charge in [0.25, 0.3) is 0 Å². The molecule has 0 atom stereocenters. The first-order valence-corrected chi connectivity index (χ1v) is 19.4. The zero-order chi connectivity index (χ0) is 38.4. The third kappa shape index (κ3) is 5.92. The van der Waals surface area contributed by atoms with Crippen molar-refractivity contribution in [3.63, 3.8) is 0 Å². The summed E-state index contributed by atoms with van der Waals surface area (Å²) >= 11 is 0. The van der Waals surface area contributed by atoms with Gasteiger partial charge in [-0.3, -0.25) is 0 Å². The van der Waals surface area contributed by atoms with Crippen molar-refractivity contribution in [3.05, 3.63) is 207 Å². The minimum Gasteiger partial charge on any atom is -0.309 e. The van der Waals surface area contributed by atoms with Crippen molar-refractivity contribution in [3.8, 4) is 73.4 Å². The van der Waals surface area contributed by atoms with Crippen molar-refractivity contribution in [1.29, 1.82) is 0 Å². The fraction of sp³-hybridized carbons (Fsp3) is 0. The molecular weight excluding hydrogens is 709 g/mol. The van der Waals surface area contributed by atoms with Crippen LogP contribution in [0.15, 0.2) is 207 Å². The predicted octanol–water partition coefficient (Wildman–Crippen LogP) is 12.6. The number of hydrogen-bond donors (Lipinski definition) is 0. The van der Waals surface area contributed by atoms with Gasteiger partial charge in [-0.2, -0.15) is 0 Å². The van der Waals surface area contributed by atoms with Gasteiger partial charge in [-0.15, -0.1) is 0 Å². The lowest BCUT2D eigenvalue weighted by molar-refractivity contribution is 1.07. The maximum absolute atomic E-state index is 5.06. The van der Waals surface area contributed by atoms with Crippen LogP contribution >= 0.6 is 0 Å². The van der Waals surface area contributed by atoms with E-state index in [9.17, 15) is 0 Å². The second-order valence-electron chi connectivity index (χ2n) is 14.4. The summed E-state index contributed by atoms with van der Waals surface area (Å²) in [5.41, 5.74) is 13.5. The lowest BCUT2D eigenvalue weighted by Gasteiger charge is -2.14. The lowest BCUT2D eigenvalue weighted by atomic mass is 9.92. The zero-order valence-electron chi connectivity index (χ0n) is 31.3. The topological polar surface area (TPSA) is 60.9 Å². The molecule has 4 aromatic heterocycles. The number of fused-ring (bicyclic) bond motifs is 4. The number of imidazole rings is 1. The van der Waals surface area contributed by atoms with E-state index >= 15 is 0 Å². The van der Waals surface area contributed by atoms with Crippen molar-refractivity contribution in [2.45, 2.75) is 0 Å². The minimum atomic E-state index is 0.623. The Bertz CT molecular complexity index is 3170. The van der Waals surface area contributed by atoms with E-state index < -0.39 is 0 Å². The van der Waals surface area contributed by atoms with Gasteiger partial charge in [-0.05, 0) is 64.7 Å². The largest absolute Gasteiger partial charge is 0.309 e. The number of nitrogens with zero attached hydrogens (tertiary/aromatic N) is 6. The predicted molar refractivity (Wildman–Crippen MR) is 236 cm³/mol. The summed E-state index contributed by atoms with van der Waals surface area (Å²) < 4.78 is 4.45. The molecule has 272 valence electrons. The van der Waals surface area contributed by atoms with Crippen LogP contribution in [0.3, 0.4) is 0 Å². The molecule has 7 aromatic carbocycles. The molecular formula is C52H34N6. The zero-order valence-corrected chi connectivity index (χ0v) is 31.3. The van der Waals surface area contributed by atoms with E-state index in [1.165, 1.54) is 10.8 Å². The number of hydrogen-bond acceptors (Lipinski definition) is 4. The molecule has 0 bridgehead atoms. The lowest BCUT2D eigenvalue weighted by Crippen LogP contribution is -2.00. The maximum atomic E-state index is 5.06. The van der Waals surface area contributed by atoms with Crippen LogP contribution in [-0.2, 0) is 0 Å². The first kappa shape index (κ1) is 33.4. The van der Waals surface area contributed by atoms with Crippen LogP contribution < -0.4 is 0 Å². The van der Waals surface area contributed by atoms with Crippen molar-refractivity contribution < 1.29 is 0 Å². The summed E-state index contributed by atoms with van der Waals surface area (Å²) in [6.45, 7) is 0. The van der Waals surface area contributed by atoms with Crippen LogP contribution in [0.25, 0.3) is 101 Å². The molecule has 0 N–H and O–H groups in total. The average Bonchev–Trinajstić information content (AvgIpc) is 3.89. The summed E-state index contributed by atoms with van der Waals surface area (Å²) in [4.78, 5) is 20.0. The molecule has 0 amide bonds. The Labute approximate surface area is 335 Å². The van der Waals surface area contributed by atoms with Gasteiger partial charge < -0.3 is 8.97 Å². The molecule has 0 saturated carbocycles. The van der Waals surface area contributed by atoms with Gasteiger partial charge in [-0.25, -0.2) is 19.9 Å². The smallest absolute Gasteiger partial charge is 0.164 e. The third-order valence-corrected chi connectivity index (χ3v) is 10.8. The number of para-hydroxylation sites is 1. The monoisotopic (exact) mass is 742 g/mol. The van der Waals surface area contributed by atoms with Gasteiger partial charge in [0, 0.05) is 51.1 Å². The Kier molecular flexibility index (Phi) is 8.04. The standard InChI is InChI=1S/C52H34N6/c1-5-15-35(16-6-1)45-31-40(52-55-50(36-17-7-2-8-18-36)54-51(56-52)37-19-9-3-10-20-37)26-27-42(45)38-24-28-43-44-29-25-39(46-34-57-30-14-13-23-49(57)53-46)33-48(44)58(47(43)32-38)41-21-11-4-12-22-41/h1-34H. The van der Waals surface area contributed by atoms with E-state index in [0.29, 0.717) is 17.5 Å². The Balaban J connectivity index is 1.10. The highest BCUT2D eigenvalue weighted by Gasteiger charge is 2.19. The molecule has 58 heavy (non-hydrogen) atoms. The highest BCUT2D eigenvalue weighted by atomic mass is 15.0. The molecule has 0 spiro atoms. The van der Waals surface area contributed by atoms with Gasteiger partial charge in [0.2, 0.25) is 0 Å². The molecule has 6 nitrogen and oxygen atoms in total. The van der Waals surface area contributed by atoms with Crippen LogP contribution in [0.4, 0.5) is 0 Å². The van der Waals surface area contributed by atoms with E-state index in [2.05, 4.69) is 130 Å². The summed E-state index contributed by atoms with van der Waals surface area (Å²) in [5, 5.41) is 2.38. The molecule has 0 aliphatic heterocycles. The molecule has 11 rings (SSSR count). The molecule has 0 aliphatic carbocycles. The van der Waals surface area contributed by atoms with Gasteiger partial charge >= 0.3 is 0 Å². The summed E-state index contributed by atoms with van der Waals surface area (Å²) in [5.74, 6) is 1.90. The quantitative estimate of drug-likeness (QED) is 0.163. The molecule has 0 saturated heterocycles. The summed E-state index contributed by atoms with van der Waals surface area (Å²) in [6, 6.07) is 67.6. The first-order valence-electron chi connectivity index (χ1n) is 19.4. The minimum absolute atomic E-state index is 0.623. The Morgan fingerprint density at radius 3 is 1.48 bits per heavy atom. The van der Waals surface area contributed by atoms with E-state index in [1.54, 1.807) is 0 Å². The SMILES string of the molecule is c1ccc(-c2nc(-c3ccccc3)nc(-c3ccc(-c4ccc5c6ccc(-c7cn8ccccc8n7)cc6n(-c6ccccc6)c5c4)c(-c4ccccc4)c3)n2)cc1. The maximum Gasteiger partial charge on any atom is 0.164 e. The molecule has 11 aromatic rings. The third-order valence-electron chi connectivity index (χ3n) is 10.8. The Morgan fingerprint density at radius 2 is 0.862 bits per heavy atom. The molecule has 4 heterocycles. The molecule has 0 unspecified atom stereocenters. The van der Waals surface area contributed by atoms with Crippen LogP contribution in [0.1, 0.15) is 0 Å². The second kappa shape index (κ2) is 14.0. The van der Waals surface area contributed by atoms with Gasteiger partial charge in [0.05, 0.1) is 16.7 Å². The number of benzene rings is 7. The number of rotatable bonds is 7.